The summed E-state index contributed by atoms with van der Waals surface area (Å²) < 4.78 is 0. The average molecular weight is 247 g/mol. The second-order valence-corrected chi connectivity index (χ2v) is 4.60. The summed E-state index contributed by atoms with van der Waals surface area (Å²) in [5, 5.41) is 17.9. The number of pyridine rings is 1. The van der Waals surface area contributed by atoms with Crippen molar-refractivity contribution in [3.05, 3.63) is 22.9 Å². The summed E-state index contributed by atoms with van der Waals surface area (Å²) in [5.74, 6) is 0.763. The molecule has 0 aromatic carbocycles. The lowest BCUT2D eigenvalue weighted by Crippen LogP contribution is -2.21. The summed E-state index contributed by atoms with van der Waals surface area (Å²) in [7, 11) is 1.96. The molecule has 0 unspecified atom stereocenters. The van der Waals surface area contributed by atoms with Crippen molar-refractivity contribution in [2.24, 2.45) is 0 Å². The highest BCUT2D eigenvalue weighted by Gasteiger charge is 2.12. The molecule has 0 radical (unpaired) electrons. The van der Waals surface area contributed by atoms with E-state index in [2.05, 4.69) is 11.1 Å². The first-order valence-corrected chi connectivity index (χ1v) is 6.30. The maximum Gasteiger partial charge on any atom is 0.146 e. The first-order chi connectivity index (χ1) is 8.60. The van der Waals surface area contributed by atoms with Gasteiger partial charge in [0.2, 0.25) is 0 Å². The first-order valence-electron chi connectivity index (χ1n) is 6.30. The maximum atomic E-state index is 9.20. The van der Waals surface area contributed by atoms with Crippen molar-refractivity contribution in [3.63, 3.8) is 0 Å². The molecule has 0 bridgehead atoms. The fourth-order valence-corrected chi connectivity index (χ4v) is 1.97. The number of hydrogen-bond donors (Lipinski definition) is 1. The second-order valence-electron chi connectivity index (χ2n) is 4.60. The van der Waals surface area contributed by atoms with Crippen LogP contribution in [0, 0.1) is 25.2 Å². The van der Waals surface area contributed by atoms with Gasteiger partial charge in [-0.15, -0.1) is 0 Å². The summed E-state index contributed by atoms with van der Waals surface area (Å²) in [6.07, 6.45) is 2.82. The van der Waals surface area contributed by atoms with Gasteiger partial charge in [0.05, 0.1) is 5.56 Å². The van der Waals surface area contributed by atoms with Crippen molar-refractivity contribution in [3.8, 4) is 6.07 Å². The highest BCUT2D eigenvalue weighted by molar-refractivity contribution is 5.57. The molecule has 4 nitrogen and oxygen atoms in total. The number of rotatable bonds is 6. The summed E-state index contributed by atoms with van der Waals surface area (Å²) in [5.41, 5.74) is 2.57. The number of nitrogens with zero attached hydrogens (tertiary/aromatic N) is 3. The zero-order chi connectivity index (χ0) is 13.5. The summed E-state index contributed by atoms with van der Waals surface area (Å²) in [4.78, 5) is 6.48. The Morgan fingerprint density at radius 3 is 2.67 bits per heavy atom. The number of aryl methyl sites for hydroxylation is 2. The van der Waals surface area contributed by atoms with Gasteiger partial charge in [0, 0.05) is 25.9 Å². The van der Waals surface area contributed by atoms with Crippen LogP contribution >= 0.6 is 0 Å². The van der Waals surface area contributed by atoms with Crippen LogP contribution in [0.5, 0.6) is 0 Å². The molecule has 0 aliphatic heterocycles. The molecule has 0 aliphatic carbocycles. The molecule has 1 aromatic heterocycles. The molecule has 0 saturated heterocycles. The van der Waals surface area contributed by atoms with Crippen LogP contribution in [0.15, 0.2) is 6.07 Å². The van der Waals surface area contributed by atoms with Gasteiger partial charge in [-0.05, 0) is 44.7 Å². The molecule has 4 heteroatoms. The molecule has 0 aliphatic rings. The summed E-state index contributed by atoms with van der Waals surface area (Å²) >= 11 is 0. The molecule has 0 spiro atoms. The van der Waals surface area contributed by atoms with E-state index in [1.54, 1.807) is 0 Å². The van der Waals surface area contributed by atoms with E-state index >= 15 is 0 Å². The number of aromatic nitrogens is 1. The van der Waals surface area contributed by atoms with Crippen LogP contribution in [-0.2, 0) is 0 Å². The third-order valence-corrected chi connectivity index (χ3v) is 2.95. The van der Waals surface area contributed by atoms with Crippen molar-refractivity contribution in [1.29, 1.82) is 5.26 Å². The topological polar surface area (TPSA) is 60.2 Å². The van der Waals surface area contributed by atoms with Gasteiger partial charge in [-0.1, -0.05) is 0 Å². The minimum Gasteiger partial charge on any atom is -0.396 e. The Bertz CT molecular complexity index is 437. The van der Waals surface area contributed by atoms with Crippen LogP contribution in [0.3, 0.4) is 0 Å². The number of aliphatic hydroxyl groups excluding tert-OH is 1. The lowest BCUT2D eigenvalue weighted by atomic mass is 10.1. The quantitative estimate of drug-likeness (QED) is 0.783. The Kier molecular flexibility index (Phi) is 5.60. The van der Waals surface area contributed by atoms with Gasteiger partial charge in [0.1, 0.15) is 11.9 Å². The van der Waals surface area contributed by atoms with E-state index in [1.807, 2.05) is 31.9 Å². The van der Waals surface area contributed by atoms with Crippen molar-refractivity contribution >= 4 is 5.82 Å². The highest BCUT2D eigenvalue weighted by Crippen LogP contribution is 2.21. The van der Waals surface area contributed by atoms with E-state index in [4.69, 9.17) is 5.11 Å². The first kappa shape index (κ1) is 14.5. The molecule has 1 rings (SSSR count). The van der Waals surface area contributed by atoms with E-state index in [0.29, 0.717) is 5.56 Å². The van der Waals surface area contributed by atoms with E-state index in [1.165, 1.54) is 0 Å². The smallest absolute Gasteiger partial charge is 0.146 e. The number of nitriles is 1. The Balaban J connectivity index is 2.78. The fraction of sp³-hybridized carbons (Fsp3) is 0.571. The number of anilines is 1. The van der Waals surface area contributed by atoms with E-state index in [9.17, 15) is 5.26 Å². The molecule has 1 N–H and O–H groups in total. The average Bonchev–Trinajstić information content (AvgIpc) is 2.33. The SMILES string of the molecule is Cc1cc(C)c(C#N)c(N(C)CCCCCO)n1. The van der Waals surface area contributed by atoms with E-state index < -0.39 is 0 Å². The Hall–Kier alpha value is -1.60. The van der Waals surface area contributed by atoms with Gasteiger partial charge in [0.15, 0.2) is 0 Å². The molecule has 0 saturated carbocycles. The van der Waals surface area contributed by atoms with Crippen LogP contribution < -0.4 is 4.90 Å². The van der Waals surface area contributed by atoms with Crippen LogP contribution in [0.2, 0.25) is 0 Å². The molecule has 0 amide bonds. The van der Waals surface area contributed by atoms with Gasteiger partial charge in [-0.25, -0.2) is 4.98 Å². The monoisotopic (exact) mass is 247 g/mol. The molecule has 1 aromatic rings. The van der Waals surface area contributed by atoms with E-state index in [0.717, 1.165) is 42.9 Å². The van der Waals surface area contributed by atoms with Crippen molar-refractivity contribution in [2.45, 2.75) is 33.1 Å². The van der Waals surface area contributed by atoms with Gasteiger partial charge in [-0.3, -0.25) is 0 Å². The maximum absolute atomic E-state index is 9.20. The summed E-state index contributed by atoms with van der Waals surface area (Å²) in [6.45, 7) is 4.98. The summed E-state index contributed by atoms with van der Waals surface area (Å²) in [6, 6.07) is 4.16. The van der Waals surface area contributed by atoms with Crippen LogP contribution in [0.25, 0.3) is 0 Å². The van der Waals surface area contributed by atoms with Crippen LogP contribution in [0.1, 0.15) is 36.1 Å². The minimum absolute atomic E-state index is 0.245. The van der Waals surface area contributed by atoms with Crippen molar-refractivity contribution < 1.29 is 5.11 Å². The normalized spacial score (nSPS) is 10.2. The van der Waals surface area contributed by atoms with Gasteiger partial charge < -0.3 is 10.0 Å². The predicted molar refractivity (Wildman–Crippen MR) is 72.6 cm³/mol. The Morgan fingerprint density at radius 2 is 2.06 bits per heavy atom. The number of unbranched alkanes of at least 4 members (excludes halogenated alkanes) is 2. The zero-order valence-electron chi connectivity index (χ0n) is 11.4. The Morgan fingerprint density at radius 1 is 1.33 bits per heavy atom. The molecular weight excluding hydrogens is 226 g/mol. The largest absolute Gasteiger partial charge is 0.396 e. The van der Waals surface area contributed by atoms with Gasteiger partial charge in [-0.2, -0.15) is 5.26 Å². The zero-order valence-corrected chi connectivity index (χ0v) is 11.4. The lowest BCUT2D eigenvalue weighted by molar-refractivity contribution is 0.283. The third-order valence-electron chi connectivity index (χ3n) is 2.95. The van der Waals surface area contributed by atoms with Crippen molar-refractivity contribution in [2.75, 3.05) is 25.1 Å². The van der Waals surface area contributed by atoms with Crippen LogP contribution in [-0.4, -0.2) is 30.3 Å². The lowest BCUT2D eigenvalue weighted by Gasteiger charge is -2.20. The van der Waals surface area contributed by atoms with Gasteiger partial charge in [0.25, 0.3) is 0 Å². The van der Waals surface area contributed by atoms with Crippen molar-refractivity contribution in [1.82, 2.24) is 4.98 Å². The Labute approximate surface area is 109 Å². The minimum atomic E-state index is 0.245. The van der Waals surface area contributed by atoms with Crippen LogP contribution in [0.4, 0.5) is 5.82 Å². The second kappa shape index (κ2) is 6.97. The molecule has 98 valence electrons. The standard InChI is InChI=1S/C14H21N3O/c1-11-9-12(2)16-14(13(11)10-15)17(3)7-5-4-6-8-18/h9,18H,4-8H2,1-3H3. The molecule has 0 atom stereocenters. The molecule has 18 heavy (non-hydrogen) atoms. The predicted octanol–water partition coefficient (Wildman–Crippen LogP) is 2.17. The molecule has 1 heterocycles. The fourth-order valence-electron chi connectivity index (χ4n) is 1.97. The highest BCUT2D eigenvalue weighted by atomic mass is 16.2. The number of aliphatic hydroxyl groups is 1. The number of hydrogen-bond acceptors (Lipinski definition) is 4. The molecule has 0 fully saturated rings. The van der Waals surface area contributed by atoms with Gasteiger partial charge >= 0.3 is 0 Å². The molecular formula is C14H21N3O. The third kappa shape index (κ3) is 3.71. The van der Waals surface area contributed by atoms with E-state index in [-0.39, 0.29) is 6.61 Å².